The highest BCUT2D eigenvalue weighted by atomic mass is 35.5. The second-order valence-electron chi connectivity index (χ2n) is 3.55. The lowest BCUT2D eigenvalue weighted by Crippen LogP contribution is -2.09. The van der Waals surface area contributed by atoms with Crippen molar-refractivity contribution in [2.45, 2.75) is 6.42 Å². The number of nitrogen functional groups attached to an aromatic ring is 1. The van der Waals surface area contributed by atoms with Gasteiger partial charge in [0.1, 0.15) is 0 Å². The van der Waals surface area contributed by atoms with E-state index in [-0.39, 0.29) is 6.61 Å². The van der Waals surface area contributed by atoms with Crippen LogP contribution in [0.1, 0.15) is 5.56 Å². The van der Waals surface area contributed by atoms with Gasteiger partial charge in [0.25, 0.3) is 0 Å². The second-order valence-corrected chi connectivity index (χ2v) is 3.96. The summed E-state index contributed by atoms with van der Waals surface area (Å²) in [5.41, 5.74) is 7.29. The topological polar surface area (TPSA) is 64.7 Å². The molecule has 0 unspecified atom stereocenters. The molecule has 0 radical (unpaired) electrons. The van der Waals surface area contributed by atoms with Crippen LogP contribution in [0.4, 0.5) is 5.69 Å². The zero-order chi connectivity index (χ0) is 12.5. The van der Waals surface area contributed by atoms with E-state index in [0.717, 1.165) is 12.0 Å². The third-order valence-electron chi connectivity index (χ3n) is 2.20. The average Bonchev–Trinajstić information content (AvgIpc) is 2.30. The smallest absolute Gasteiger partial charge is 0.0701 e. The van der Waals surface area contributed by atoms with Crippen LogP contribution < -0.4 is 5.73 Å². The van der Waals surface area contributed by atoms with E-state index in [0.29, 0.717) is 37.1 Å². The van der Waals surface area contributed by atoms with Gasteiger partial charge in [0.05, 0.1) is 33.0 Å². The quantitative estimate of drug-likeness (QED) is 0.548. The second kappa shape index (κ2) is 8.31. The molecule has 1 aromatic carbocycles. The summed E-state index contributed by atoms with van der Waals surface area (Å²) < 4.78 is 10.4. The van der Waals surface area contributed by atoms with Crippen molar-refractivity contribution in [3.05, 3.63) is 28.8 Å². The van der Waals surface area contributed by atoms with Crippen molar-refractivity contribution in [2.75, 3.05) is 38.8 Å². The number of ether oxygens (including phenoxy) is 2. The lowest BCUT2D eigenvalue weighted by atomic mass is 10.1. The molecule has 0 saturated heterocycles. The van der Waals surface area contributed by atoms with Crippen LogP contribution in [0.2, 0.25) is 5.02 Å². The number of hydrogen-bond acceptors (Lipinski definition) is 4. The van der Waals surface area contributed by atoms with Gasteiger partial charge in [-0.2, -0.15) is 0 Å². The van der Waals surface area contributed by atoms with Crippen molar-refractivity contribution in [2.24, 2.45) is 0 Å². The molecule has 0 aliphatic heterocycles. The lowest BCUT2D eigenvalue weighted by Gasteiger charge is -2.07. The molecule has 0 amide bonds. The van der Waals surface area contributed by atoms with Crippen molar-refractivity contribution in [1.82, 2.24) is 0 Å². The maximum absolute atomic E-state index is 8.48. The molecule has 0 aliphatic rings. The Morgan fingerprint density at radius 3 is 2.47 bits per heavy atom. The maximum atomic E-state index is 8.48. The molecule has 96 valence electrons. The normalized spacial score (nSPS) is 10.7. The summed E-state index contributed by atoms with van der Waals surface area (Å²) in [6, 6.07) is 5.47. The predicted molar refractivity (Wildman–Crippen MR) is 68.3 cm³/mol. The Bertz CT molecular complexity index is 334. The van der Waals surface area contributed by atoms with Crippen LogP contribution in [0.25, 0.3) is 0 Å². The molecule has 4 nitrogen and oxygen atoms in total. The van der Waals surface area contributed by atoms with Gasteiger partial charge in [0, 0.05) is 10.7 Å². The molecule has 17 heavy (non-hydrogen) atoms. The molecule has 0 spiro atoms. The number of rotatable bonds is 8. The fourth-order valence-corrected chi connectivity index (χ4v) is 1.62. The number of aliphatic hydroxyl groups is 1. The molecule has 0 bridgehead atoms. The number of nitrogens with two attached hydrogens (primary N) is 1. The summed E-state index contributed by atoms with van der Waals surface area (Å²) >= 11 is 6.02. The molecule has 3 N–H and O–H groups in total. The SMILES string of the molecule is Nc1ccc(CCOCCOCCO)c(Cl)c1. The molecule has 0 aromatic heterocycles. The molecule has 0 heterocycles. The van der Waals surface area contributed by atoms with E-state index in [4.69, 9.17) is 31.9 Å². The average molecular weight is 260 g/mol. The van der Waals surface area contributed by atoms with Crippen molar-refractivity contribution in [3.63, 3.8) is 0 Å². The number of halogens is 1. The fourth-order valence-electron chi connectivity index (χ4n) is 1.33. The third kappa shape index (κ3) is 5.89. The largest absolute Gasteiger partial charge is 0.399 e. The number of hydrogen-bond donors (Lipinski definition) is 2. The van der Waals surface area contributed by atoms with Crippen molar-refractivity contribution in [3.8, 4) is 0 Å². The van der Waals surface area contributed by atoms with Gasteiger partial charge in [-0.15, -0.1) is 0 Å². The summed E-state index contributed by atoms with van der Waals surface area (Å²) in [5, 5.41) is 9.15. The first kappa shape index (κ1) is 14.3. The molecule has 5 heteroatoms. The zero-order valence-corrected chi connectivity index (χ0v) is 10.4. The Balaban J connectivity index is 2.14. The molecular formula is C12H18ClNO3. The fraction of sp³-hybridized carbons (Fsp3) is 0.500. The molecule has 0 atom stereocenters. The Hall–Kier alpha value is -0.810. The standard InChI is InChI=1S/C12H18ClNO3/c13-12-9-11(14)2-1-10(12)3-5-16-7-8-17-6-4-15/h1-2,9,15H,3-8,14H2. The molecule has 1 rings (SSSR count). The van der Waals surface area contributed by atoms with Gasteiger partial charge < -0.3 is 20.3 Å². The lowest BCUT2D eigenvalue weighted by molar-refractivity contribution is 0.0340. The van der Waals surface area contributed by atoms with E-state index in [1.807, 2.05) is 12.1 Å². The van der Waals surface area contributed by atoms with Gasteiger partial charge in [-0.05, 0) is 24.1 Å². The van der Waals surface area contributed by atoms with Crippen molar-refractivity contribution >= 4 is 17.3 Å². The summed E-state index contributed by atoms with van der Waals surface area (Å²) in [4.78, 5) is 0. The highest BCUT2D eigenvalue weighted by Gasteiger charge is 2.00. The van der Waals surface area contributed by atoms with Crippen LogP contribution in [0.3, 0.4) is 0 Å². The van der Waals surface area contributed by atoms with Gasteiger partial charge in [-0.1, -0.05) is 17.7 Å². The van der Waals surface area contributed by atoms with E-state index < -0.39 is 0 Å². The number of anilines is 1. The Morgan fingerprint density at radius 2 is 1.82 bits per heavy atom. The summed E-state index contributed by atoms with van der Waals surface area (Å²) in [7, 11) is 0. The summed E-state index contributed by atoms with van der Waals surface area (Å²) in [5.74, 6) is 0. The minimum atomic E-state index is 0.0427. The zero-order valence-electron chi connectivity index (χ0n) is 9.69. The molecule has 1 aromatic rings. The maximum Gasteiger partial charge on any atom is 0.0701 e. The molecule has 0 fully saturated rings. The van der Waals surface area contributed by atoms with Gasteiger partial charge in [0.2, 0.25) is 0 Å². The van der Waals surface area contributed by atoms with Crippen LogP contribution in [0, 0.1) is 0 Å². The number of benzene rings is 1. The first-order valence-electron chi connectivity index (χ1n) is 5.54. The first-order chi connectivity index (χ1) is 8.24. The van der Waals surface area contributed by atoms with E-state index in [1.54, 1.807) is 6.07 Å². The van der Waals surface area contributed by atoms with Crippen LogP contribution >= 0.6 is 11.6 Å². The van der Waals surface area contributed by atoms with E-state index in [9.17, 15) is 0 Å². The van der Waals surface area contributed by atoms with Gasteiger partial charge in [-0.3, -0.25) is 0 Å². The van der Waals surface area contributed by atoms with Crippen molar-refractivity contribution < 1.29 is 14.6 Å². The van der Waals surface area contributed by atoms with E-state index in [2.05, 4.69) is 0 Å². The van der Waals surface area contributed by atoms with Gasteiger partial charge >= 0.3 is 0 Å². The minimum absolute atomic E-state index is 0.0427. The third-order valence-corrected chi connectivity index (χ3v) is 2.55. The monoisotopic (exact) mass is 259 g/mol. The summed E-state index contributed by atoms with van der Waals surface area (Å²) in [6.07, 6.45) is 0.749. The predicted octanol–water partition coefficient (Wildman–Crippen LogP) is 1.49. The Labute approximate surface area is 106 Å². The van der Waals surface area contributed by atoms with Crippen LogP contribution in [-0.4, -0.2) is 38.1 Å². The van der Waals surface area contributed by atoms with Crippen LogP contribution in [0.15, 0.2) is 18.2 Å². The minimum Gasteiger partial charge on any atom is -0.399 e. The summed E-state index contributed by atoms with van der Waals surface area (Å²) in [6.45, 7) is 2.00. The highest BCUT2D eigenvalue weighted by molar-refractivity contribution is 6.31. The Morgan fingerprint density at radius 1 is 1.12 bits per heavy atom. The van der Waals surface area contributed by atoms with Gasteiger partial charge in [-0.25, -0.2) is 0 Å². The number of aliphatic hydroxyl groups excluding tert-OH is 1. The van der Waals surface area contributed by atoms with Crippen LogP contribution in [-0.2, 0) is 15.9 Å². The molecule has 0 aliphatic carbocycles. The van der Waals surface area contributed by atoms with E-state index >= 15 is 0 Å². The first-order valence-corrected chi connectivity index (χ1v) is 5.92. The molecular weight excluding hydrogens is 242 g/mol. The van der Waals surface area contributed by atoms with Crippen molar-refractivity contribution in [1.29, 1.82) is 0 Å². The molecule has 0 saturated carbocycles. The highest BCUT2D eigenvalue weighted by Crippen LogP contribution is 2.19. The Kier molecular flexibility index (Phi) is 6.96. The van der Waals surface area contributed by atoms with Gasteiger partial charge in [0.15, 0.2) is 0 Å². The van der Waals surface area contributed by atoms with E-state index in [1.165, 1.54) is 0 Å². The van der Waals surface area contributed by atoms with Crippen LogP contribution in [0.5, 0.6) is 0 Å².